The molecule has 2 N–H and O–H groups in total. The lowest BCUT2D eigenvalue weighted by molar-refractivity contribution is -0.123. The van der Waals surface area contributed by atoms with Gasteiger partial charge in [-0.25, -0.2) is 0 Å². The standard InChI is InChI=1S/C18H23Cl2N5O2S/c1-3-25-11-22-24-16(25)6-8-21-18(27)15(7-9-28-2)23-17(26)13-5-4-12(19)10-14(13)20/h4-5,10-11,15H,3,6-9H2,1-2H3,(H,21,27)(H,23,26). The van der Waals surface area contributed by atoms with Crippen molar-refractivity contribution in [2.75, 3.05) is 18.6 Å². The molecule has 0 fully saturated rings. The number of thioether (sulfide) groups is 1. The van der Waals surface area contributed by atoms with Gasteiger partial charge in [0.2, 0.25) is 5.91 Å². The number of hydrogen-bond acceptors (Lipinski definition) is 5. The summed E-state index contributed by atoms with van der Waals surface area (Å²) < 4.78 is 1.92. The number of rotatable bonds is 10. The van der Waals surface area contributed by atoms with Gasteiger partial charge in [0.05, 0.1) is 10.6 Å². The van der Waals surface area contributed by atoms with Crippen LogP contribution < -0.4 is 10.6 Å². The van der Waals surface area contributed by atoms with E-state index in [0.717, 1.165) is 18.1 Å². The van der Waals surface area contributed by atoms with Gasteiger partial charge in [-0.15, -0.1) is 10.2 Å². The smallest absolute Gasteiger partial charge is 0.253 e. The lowest BCUT2D eigenvalue weighted by Crippen LogP contribution is -2.47. The third kappa shape index (κ3) is 6.39. The average Bonchev–Trinajstić information content (AvgIpc) is 3.12. The second kappa shape index (κ2) is 11.3. The van der Waals surface area contributed by atoms with E-state index in [4.69, 9.17) is 23.2 Å². The monoisotopic (exact) mass is 443 g/mol. The van der Waals surface area contributed by atoms with Gasteiger partial charge in [-0.3, -0.25) is 9.59 Å². The van der Waals surface area contributed by atoms with Crippen LogP contribution in [-0.2, 0) is 17.8 Å². The van der Waals surface area contributed by atoms with E-state index in [1.807, 2.05) is 17.7 Å². The topological polar surface area (TPSA) is 88.9 Å². The molecule has 1 aromatic heterocycles. The van der Waals surface area contributed by atoms with Crippen LogP contribution in [0.25, 0.3) is 0 Å². The van der Waals surface area contributed by atoms with E-state index < -0.39 is 11.9 Å². The number of hydrogen-bond donors (Lipinski definition) is 2. The number of aromatic nitrogens is 3. The fourth-order valence-electron chi connectivity index (χ4n) is 2.57. The molecular formula is C18H23Cl2N5O2S. The Balaban J connectivity index is 1.97. The van der Waals surface area contributed by atoms with Gasteiger partial charge in [-0.1, -0.05) is 23.2 Å². The van der Waals surface area contributed by atoms with Crippen molar-refractivity contribution in [3.05, 3.63) is 46.0 Å². The van der Waals surface area contributed by atoms with E-state index in [-0.39, 0.29) is 16.5 Å². The van der Waals surface area contributed by atoms with Gasteiger partial charge in [0.25, 0.3) is 5.91 Å². The first kappa shape index (κ1) is 22.5. The summed E-state index contributed by atoms with van der Waals surface area (Å²) in [7, 11) is 0. The summed E-state index contributed by atoms with van der Waals surface area (Å²) in [5.41, 5.74) is 0.282. The Morgan fingerprint density at radius 2 is 2.11 bits per heavy atom. The van der Waals surface area contributed by atoms with Crippen LogP contribution in [0.3, 0.4) is 0 Å². The van der Waals surface area contributed by atoms with Crippen LogP contribution in [0.4, 0.5) is 0 Å². The number of carbonyl (C=O) groups is 2. The van der Waals surface area contributed by atoms with Crippen molar-refractivity contribution in [1.82, 2.24) is 25.4 Å². The first-order chi connectivity index (χ1) is 13.5. The molecule has 7 nitrogen and oxygen atoms in total. The zero-order valence-corrected chi connectivity index (χ0v) is 18.1. The molecular weight excluding hydrogens is 421 g/mol. The predicted octanol–water partition coefficient (Wildman–Crippen LogP) is 2.82. The second-order valence-corrected chi connectivity index (χ2v) is 7.84. The van der Waals surface area contributed by atoms with Crippen LogP contribution in [-0.4, -0.2) is 51.2 Å². The summed E-state index contributed by atoms with van der Waals surface area (Å²) in [4.78, 5) is 25.2. The SMILES string of the molecule is CCn1cnnc1CCNC(=O)C(CCSC)NC(=O)c1ccc(Cl)cc1Cl. The van der Waals surface area contributed by atoms with Gasteiger partial charge in [0, 0.05) is 24.5 Å². The maximum Gasteiger partial charge on any atom is 0.253 e. The van der Waals surface area contributed by atoms with Gasteiger partial charge >= 0.3 is 0 Å². The molecule has 0 saturated carbocycles. The molecule has 0 aliphatic heterocycles. The Labute approximate surface area is 178 Å². The fourth-order valence-corrected chi connectivity index (χ4v) is 3.54. The molecule has 0 aliphatic rings. The van der Waals surface area contributed by atoms with E-state index in [2.05, 4.69) is 20.8 Å². The van der Waals surface area contributed by atoms with Crippen LogP contribution in [0, 0.1) is 0 Å². The molecule has 1 aromatic carbocycles. The first-order valence-electron chi connectivity index (χ1n) is 8.85. The maximum atomic E-state index is 12.6. The van der Waals surface area contributed by atoms with Crippen LogP contribution >= 0.6 is 35.0 Å². The molecule has 152 valence electrons. The van der Waals surface area contributed by atoms with E-state index in [1.54, 1.807) is 30.2 Å². The van der Waals surface area contributed by atoms with Crippen LogP contribution in [0.2, 0.25) is 10.0 Å². The quantitative estimate of drug-likeness (QED) is 0.589. The molecule has 0 spiro atoms. The Kier molecular flexibility index (Phi) is 9.08. The predicted molar refractivity (Wildman–Crippen MR) is 113 cm³/mol. The highest BCUT2D eigenvalue weighted by Gasteiger charge is 2.22. The number of nitrogens with one attached hydrogen (secondary N) is 2. The number of amides is 2. The Hall–Kier alpha value is -1.77. The molecule has 2 aromatic rings. The summed E-state index contributed by atoms with van der Waals surface area (Å²) in [5.74, 6) is 0.890. The summed E-state index contributed by atoms with van der Waals surface area (Å²) in [6, 6.07) is 3.97. The third-order valence-electron chi connectivity index (χ3n) is 4.09. The second-order valence-electron chi connectivity index (χ2n) is 6.01. The van der Waals surface area contributed by atoms with Crippen molar-refractivity contribution in [2.24, 2.45) is 0 Å². The van der Waals surface area contributed by atoms with Gasteiger partial charge < -0.3 is 15.2 Å². The molecule has 1 atom stereocenters. The van der Waals surface area contributed by atoms with Gasteiger partial charge in [-0.2, -0.15) is 11.8 Å². The van der Waals surface area contributed by atoms with E-state index >= 15 is 0 Å². The van der Waals surface area contributed by atoms with E-state index in [1.165, 1.54) is 6.07 Å². The lowest BCUT2D eigenvalue weighted by Gasteiger charge is -2.18. The maximum absolute atomic E-state index is 12.6. The first-order valence-corrected chi connectivity index (χ1v) is 11.0. The molecule has 0 aliphatic carbocycles. The Morgan fingerprint density at radius 1 is 1.32 bits per heavy atom. The summed E-state index contributed by atoms with van der Waals surface area (Å²) >= 11 is 13.6. The molecule has 2 rings (SSSR count). The highest BCUT2D eigenvalue weighted by atomic mass is 35.5. The highest BCUT2D eigenvalue weighted by molar-refractivity contribution is 7.98. The number of aryl methyl sites for hydroxylation is 1. The third-order valence-corrected chi connectivity index (χ3v) is 5.28. The number of benzene rings is 1. The summed E-state index contributed by atoms with van der Waals surface area (Å²) in [6.45, 7) is 3.18. The fraction of sp³-hybridized carbons (Fsp3) is 0.444. The molecule has 1 heterocycles. The van der Waals surface area contributed by atoms with Crippen LogP contribution in [0.5, 0.6) is 0 Å². The largest absolute Gasteiger partial charge is 0.354 e. The molecule has 10 heteroatoms. The van der Waals surface area contributed by atoms with Crippen molar-refractivity contribution in [3.63, 3.8) is 0 Å². The minimum atomic E-state index is -0.657. The number of carbonyl (C=O) groups excluding carboxylic acids is 2. The van der Waals surface area contributed by atoms with E-state index in [9.17, 15) is 9.59 Å². The molecule has 1 unspecified atom stereocenters. The zero-order chi connectivity index (χ0) is 20.5. The summed E-state index contributed by atoms with van der Waals surface area (Å²) in [6.07, 6.45) is 4.68. The van der Waals surface area contributed by atoms with Crippen LogP contribution in [0.15, 0.2) is 24.5 Å². The van der Waals surface area contributed by atoms with Crippen molar-refractivity contribution in [2.45, 2.75) is 32.4 Å². The van der Waals surface area contributed by atoms with Crippen molar-refractivity contribution in [3.8, 4) is 0 Å². The van der Waals surface area contributed by atoms with Gasteiger partial charge in [0.1, 0.15) is 18.2 Å². The molecule has 2 amide bonds. The molecule has 0 radical (unpaired) electrons. The van der Waals surface area contributed by atoms with Gasteiger partial charge in [-0.05, 0) is 43.6 Å². The number of halogens is 2. The average molecular weight is 444 g/mol. The van der Waals surface area contributed by atoms with E-state index in [0.29, 0.717) is 24.4 Å². The molecule has 0 bridgehead atoms. The van der Waals surface area contributed by atoms with Gasteiger partial charge in [0.15, 0.2) is 0 Å². The molecule has 0 saturated heterocycles. The summed E-state index contributed by atoms with van der Waals surface area (Å²) in [5, 5.41) is 14.2. The van der Waals surface area contributed by atoms with Crippen molar-refractivity contribution < 1.29 is 9.59 Å². The highest BCUT2D eigenvalue weighted by Crippen LogP contribution is 2.21. The van der Waals surface area contributed by atoms with Crippen LogP contribution in [0.1, 0.15) is 29.5 Å². The normalized spacial score (nSPS) is 11.9. The zero-order valence-electron chi connectivity index (χ0n) is 15.7. The van der Waals surface area contributed by atoms with Crippen molar-refractivity contribution in [1.29, 1.82) is 0 Å². The minimum Gasteiger partial charge on any atom is -0.354 e. The molecule has 28 heavy (non-hydrogen) atoms. The number of nitrogens with zero attached hydrogens (tertiary/aromatic N) is 3. The van der Waals surface area contributed by atoms with Crippen molar-refractivity contribution >= 4 is 46.8 Å². The Bertz CT molecular complexity index is 815. The minimum absolute atomic E-state index is 0.241. The lowest BCUT2D eigenvalue weighted by atomic mass is 10.1. The Morgan fingerprint density at radius 3 is 2.79 bits per heavy atom.